The van der Waals surface area contributed by atoms with Gasteiger partial charge in [-0.2, -0.15) is 0 Å². The van der Waals surface area contributed by atoms with Crippen LogP contribution in [0.5, 0.6) is 0 Å². The second kappa shape index (κ2) is 6.08. The summed E-state index contributed by atoms with van der Waals surface area (Å²) in [6.45, 7) is 1.87. The molecule has 0 spiro atoms. The summed E-state index contributed by atoms with van der Waals surface area (Å²) in [5.74, 6) is 0. The third-order valence-electron chi connectivity index (χ3n) is 2.41. The SMILES string of the molecule is NCCOCC(O)N1CCC[C@H]1C=O. The van der Waals surface area contributed by atoms with Crippen molar-refractivity contribution >= 4 is 6.29 Å². The number of nitrogens with zero attached hydrogens (tertiary/aromatic N) is 1. The Morgan fingerprint density at radius 1 is 1.71 bits per heavy atom. The van der Waals surface area contributed by atoms with Gasteiger partial charge < -0.3 is 20.4 Å². The molecule has 1 rings (SSSR count). The van der Waals surface area contributed by atoms with Gasteiger partial charge in [-0.3, -0.25) is 4.90 Å². The summed E-state index contributed by atoms with van der Waals surface area (Å²) in [7, 11) is 0. The molecule has 1 aliphatic rings. The van der Waals surface area contributed by atoms with E-state index in [1.807, 2.05) is 0 Å². The van der Waals surface area contributed by atoms with Crippen molar-refractivity contribution in [2.45, 2.75) is 25.1 Å². The van der Waals surface area contributed by atoms with Gasteiger partial charge in [-0.05, 0) is 12.8 Å². The molecule has 0 bridgehead atoms. The highest BCUT2D eigenvalue weighted by Crippen LogP contribution is 2.17. The van der Waals surface area contributed by atoms with Crippen LogP contribution in [0, 0.1) is 0 Å². The Morgan fingerprint density at radius 2 is 2.50 bits per heavy atom. The second-order valence-electron chi connectivity index (χ2n) is 3.43. The summed E-state index contributed by atoms with van der Waals surface area (Å²) < 4.78 is 5.12. The van der Waals surface area contributed by atoms with Crippen molar-refractivity contribution in [3.05, 3.63) is 0 Å². The van der Waals surface area contributed by atoms with E-state index in [-0.39, 0.29) is 12.6 Å². The van der Waals surface area contributed by atoms with Gasteiger partial charge in [0.25, 0.3) is 0 Å². The molecule has 82 valence electrons. The Labute approximate surface area is 83.8 Å². The van der Waals surface area contributed by atoms with E-state index >= 15 is 0 Å². The molecule has 1 unspecified atom stereocenters. The minimum Gasteiger partial charge on any atom is -0.376 e. The first-order valence-electron chi connectivity index (χ1n) is 4.96. The van der Waals surface area contributed by atoms with Crippen molar-refractivity contribution in [2.75, 3.05) is 26.3 Å². The molecule has 0 radical (unpaired) electrons. The monoisotopic (exact) mass is 202 g/mol. The van der Waals surface area contributed by atoms with E-state index in [2.05, 4.69) is 0 Å². The van der Waals surface area contributed by atoms with Gasteiger partial charge >= 0.3 is 0 Å². The fraction of sp³-hybridized carbons (Fsp3) is 0.889. The van der Waals surface area contributed by atoms with Crippen LogP contribution in [0.15, 0.2) is 0 Å². The normalized spacial score (nSPS) is 25.1. The molecule has 0 aromatic heterocycles. The molecule has 0 aromatic rings. The van der Waals surface area contributed by atoms with Gasteiger partial charge in [0.2, 0.25) is 0 Å². The molecule has 1 saturated heterocycles. The van der Waals surface area contributed by atoms with Crippen molar-refractivity contribution in [3.63, 3.8) is 0 Å². The lowest BCUT2D eigenvalue weighted by Gasteiger charge is -2.25. The predicted molar refractivity (Wildman–Crippen MR) is 51.7 cm³/mol. The Kier molecular flexibility index (Phi) is 5.03. The van der Waals surface area contributed by atoms with Crippen molar-refractivity contribution in [1.82, 2.24) is 4.90 Å². The second-order valence-corrected chi connectivity index (χ2v) is 3.43. The maximum absolute atomic E-state index is 10.6. The number of hydrogen-bond acceptors (Lipinski definition) is 5. The lowest BCUT2D eigenvalue weighted by molar-refractivity contribution is -0.118. The van der Waals surface area contributed by atoms with Gasteiger partial charge in [-0.15, -0.1) is 0 Å². The third kappa shape index (κ3) is 3.02. The van der Waals surface area contributed by atoms with Crippen LogP contribution in [0.3, 0.4) is 0 Å². The number of carbonyl (C=O) groups is 1. The number of aliphatic hydroxyl groups excluding tert-OH is 1. The Bertz CT molecular complexity index is 177. The minimum atomic E-state index is -0.681. The molecule has 1 aliphatic heterocycles. The van der Waals surface area contributed by atoms with Crippen LogP contribution in [0.4, 0.5) is 0 Å². The number of aliphatic hydroxyl groups is 1. The van der Waals surface area contributed by atoms with E-state index in [0.717, 1.165) is 25.7 Å². The zero-order valence-corrected chi connectivity index (χ0v) is 8.26. The number of ether oxygens (including phenoxy) is 1. The van der Waals surface area contributed by atoms with Crippen LogP contribution >= 0.6 is 0 Å². The molecule has 0 amide bonds. The molecule has 14 heavy (non-hydrogen) atoms. The van der Waals surface area contributed by atoms with Crippen LogP contribution < -0.4 is 5.73 Å². The molecular formula is C9H18N2O3. The summed E-state index contributed by atoms with van der Waals surface area (Å²) in [6, 6.07) is -0.147. The number of rotatable bonds is 6. The first-order valence-corrected chi connectivity index (χ1v) is 4.96. The van der Waals surface area contributed by atoms with Crippen LogP contribution in [-0.4, -0.2) is 54.9 Å². The van der Waals surface area contributed by atoms with Crippen LogP contribution in [0.25, 0.3) is 0 Å². The maximum Gasteiger partial charge on any atom is 0.137 e. The number of hydrogen-bond donors (Lipinski definition) is 2. The van der Waals surface area contributed by atoms with E-state index in [0.29, 0.717) is 13.2 Å². The van der Waals surface area contributed by atoms with E-state index < -0.39 is 6.23 Å². The minimum absolute atomic E-state index is 0.147. The topological polar surface area (TPSA) is 75.8 Å². The van der Waals surface area contributed by atoms with E-state index in [1.54, 1.807) is 4.90 Å². The fourth-order valence-corrected chi connectivity index (χ4v) is 1.70. The molecular weight excluding hydrogens is 184 g/mol. The summed E-state index contributed by atoms with van der Waals surface area (Å²) in [5, 5.41) is 9.68. The highest BCUT2D eigenvalue weighted by Gasteiger charge is 2.29. The van der Waals surface area contributed by atoms with Crippen molar-refractivity contribution in [2.24, 2.45) is 5.73 Å². The molecule has 0 aliphatic carbocycles. The summed E-state index contributed by atoms with van der Waals surface area (Å²) in [4.78, 5) is 12.4. The Balaban J connectivity index is 2.27. The van der Waals surface area contributed by atoms with Gasteiger partial charge in [-0.25, -0.2) is 0 Å². The highest BCUT2D eigenvalue weighted by molar-refractivity contribution is 5.58. The molecule has 1 fully saturated rings. The van der Waals surface area contributed by atoms with E-state index in [9.17, 15) is 9.90 Å². The lowest BCUT2D eigenvalue weighted by Crippen LogP contribution is -2.42. The van der Waals surface area contributed by atoms with Gasteiger partial charge in [-0.1, -0.05) is 0 Å². The third-order valence-corrected chi connectivity index (χ3v) is 2.41. The standard InChI is InChI=1S/C9H18N2O3/c10-3-5-14-7-9(13)11-4-1-2-8(11)6-12/h6,8-9,13H,1-5,7,10H2/t8-,9?/m0/s1. The fourth-order valence-electron chi connectivity index (χ4n) is 1.70. The summed E-state index contributed by atoms with van der Waals surface area (Å²) in [5.41, 5.74) is 5.25. The quantitative estimate of drug-likeness (QED) is 0.424. The molecule has 0 saturated carbocycles. The Hall–Kier alpha value is -0.490. The average molecular weight is 202 g/mol. The van der Waals surface area contributed by atoms with Gasteiger partial charge in [0, 0.05) is 13.1 Å². The summed E-state index contributed by atoms with van der Waals surface area (Å²) >= 11 is 0. The largest absolute Gasteiger partial charge is 0.376 e. The number of aldehydes is 1. The molecule has 5 heteroatoms. The van der Waals surface area contributed by atoms with Crippen molar-refractivity contribution < 1.29 is 14.6 Å². The number of likely N-dealkylation sites (tertiary alicyclic amines) is 1. The lowest BCUT2D eigenvalue weighted by atomic mass is 10.2. The average Bonchev–Trinajstić information content (AvgIpc) is 2.65. The van der Waals surface area contributed by atoms with Gasteiger partial charge in [0.05, 0.1) is 19.3 Å². The molecule has 0 aromatic carbocycles. The highest BCUT2D eigenvalue weighted by atomic mass is 16.5. The first-order chi connectivity index (χ1) is 6.79. The van der Waals surface area contributed by atoms with Gasteiger partial charge in [0.1, 0.15) is 12.5 Å². The van der Waals surface area contributed by atoms with Crippen LogP contribution in [0.1, 0.15) is 12.8 Å². The predicted octanol–water partition coefficient (Wildman–Crippen LogP) is -1.06. The summed E-state index contributed by atoms with van der Waals surface area (Å²) in [6.07, 6.45) is 1.99. The van der Waals surface area contributed by atoms with Crippen molar-refractivity contribution in [3.8, 4) is 0 Å². The van der Waals surface area contributed by atoms with E-state index in [1.165, 1.54) is 0 Å². The molecule has 3 N–H and O–H groups in total. The van der Waals surface area contributed by atoms with Crippen LogP contribution in [-0.2, 0) is 9.53 Å². The molecule has 2 atom stereocenters. The zero-order chi connectivity index (χ0) is 10.4. The number of nitrogens with two attached hydrogens (primary N) is 1. The molecule has 1 heterocycles. The first kappa shape index (κ1) is 11.6. The zero-order valence-electron chi connectivity index (χ0n) is 8.26. The van der Waals surface area contributed by atoms with Gasteiger partial charge in [0.15, 0.2) is 0 Å². The van der Waals surface area contributed by atoms with E-state index in [4.69, 9.17) is 10.5 Å². The Morgan fingerprint density at radius 3 is 3.14 bits per heavy atom. The number of carbonyl (C=O) groups excluding carboxylic acids is 1. The maximum atomic E-state index is 10.6. The van der Waals surface area contributed by atoms with Crippen molar-refractivity contribution in [1.29, 1.82) is 0 Å². The van der Waals surface area contributed by atoms with Crippen LogP contribution in [0.2, 0.25) is 0 Å². The smallest absolute Gasteiger partial charge is 0.137 e. The molecule has 5 nitrogen and oxygen atoms in total.